The molecule has 1 aliphatic rings. The number of allylic oxidation sites excluding steroid dienone is 2. The van der Waals surface area contributed by atoms with Crippen LogP contribution in [-0.4, -0.2) is 12.5 Å². The fourth-order valence-corrected chi connectivity index (χ4v) is 2.44. The summed E-state index contributed by atoms with van der Waals surface area (Å²) in [5, 5.41) is 0. The minimum absolute atomic E-state index is 0.230. The molecule has 0 saturated heterocycles. The summed E-state index contributed by atoms with van der Waals surface area (Å²) in [4.78, 5) is 0. The lowest BCUT2D eigenvalue weighted by molar-refractivity contribution is -0.372. The Kier molecular flexibility index (Phi) is 4.02. The van der Waals surface area contributed by atoms with Crippen molar-refractivity contribution in [1.29, 1.82) is 0 Å². The lowest BCUT2D eigenvalue weighted by Crippen LogP contribution is -2.46. The summed E-state index contributed by atoms with van der Waals surface area (Å²) in [6, 6.07) is 6.63. The first-order chi connectivity index (χ1) is 9.27. The van der Waals surface area contributed by atoms with Crippen molar-refractivity contribution in [2.24, 2.45) is 0 Å². The van der Waals surface area contributed by atoms with Crippen LogP contribution in [0.2, 0.25) is 0 Å². The highest BCUT2D eigenvalue weighted by atomic mass is 79.9. The van der Waals surface area contributed by atoms with Gasteiger partial charge in [0.1, 0.15) is 5.83 Å². The van der Waals surface area contributed by atoms with Crippen LogP contribution in [0.15, 0.2) is 52.8 Å². The number of hydrogen-bond acceptors (Lipinski definition) is 1. The van der Waals surface area contributed by atoms with Crippen LogP contribution in [0.25, 0.3) is 0 Å². The average molecular weight is 355 g/mol. The molecule has 0 aromatic heterocycles. The second-order valence-electron chi connectivity index (χ2n) is 4.08. The van der Waals surface area contributed by atoms with E-state index >= 15 is 0 Å². The third kappa shape index (κ3) is 2.64. The molecular formula is C13H8BrF5O. The summed E-state index contributed by atoms with van der Waals surface area (Å²) >= 11 is 2.79. The van der Waals surface area contributed by atoms with Gasteiger partial charge in [0.2, 0.25) is 0 Å². The molecule has 0 fully saturated rings. The van der Waals surface area contributed by atoms with Gasteiger partial charge in [-0.05, 0) is 17.7 Å². The predicted octanol–water partition coefficient (Wildman–Crippen LogP) is 4.90. The quantitative estimate of drug-likeness (QED) is 0.686. The average Bonchev–Trinajstić information content (AvgIpc) is 2.39. The van der Waals surface area contributed by atoms with E-state index in [1.54, 1.807) is 0 Å². The molecule has 0 N–H and O–H groups in total. The minimum atomic E-state index is -5.20. The van der Waals surface area contributed by atoms with E-state index in [-0.39, 0.29) is 10.0 Å². The molecule has 1 aliphatic carbocycles. The molecule has 0 amide bonds. The molecule has 20 heavy (non-hydrogen) atoms. The maximum Gasteiger partial charge on any atom is 0.523 e. The maximum absolute atomic E-state index is 14.3. The first-order valence-electron chi connectivity index (χ1n) is 5.47. The summed E-state index contributed by atoms with van der Waals surface area (Å²) < 4.78 is 69.9. The van der Waals surface area contributed by atoms with Gasteiger partial charge < -0.3 is 0 Å². The third-order valence-electron chi connectivity index (χ3n) is 2.82. The number of alkyl halides is 4. The fraction of sp³-hybridized carbons (Fsp3) is 0.231. The largest absolute Gasteiger partial charge is 0.523 e. The summed E-state index contributed by atoms with van der Waals surface area (Å²) in [5.74, 6) is -1.35. The minimum Gasteiger partial charge on any atom is -0.269 e. The highest BCUT2D eigenvalue weighted by Crippen LogP contribution is 2.49. The van der Waals surface area contributed by atoms with Gasteiger partial charge in [-0.1, -0.05) is 46.3 Å². The predicted molar refractivity (Wildman–Crippen MR) is 66.4 cm³/mol. The van der Waals surface area contributed by atoms with Gasteiger partial charge in [0.05, 0.1) is 0 Å². The first-order valence-corrected chi connectivity index (χ1v) is 6.26. The molecule has 108 valence electrons. The van der Waals surface area contributed by atoms with Crippen molar-refractivity contribution in [3.63, 3.8) is 0 Å². The maximum atomic E-state index is 14.3. The van der Waals surface area contributed by atoms with E-state index in [1.807, 2.05) is 0 Å². The van der Waals surface area contributed by atoms with Crippen LogP contribution in [0.4, 0.5) is 22.0 Å². The van der Waals surface area contributed by atoms with E-state index in [4.69, 9.17) is 0 Å². The number of hydrogen-bond donors (Lipinski definition) is 0. The Morgan fingerprint density at radius 2 is 1.70 bits per heavy atom. The molecule has 0 radical (unpaired) electrons. The highest BCUT2D eigenvalue weighted by molar-refractivity contribution is 9.11. The van der Waals surface area contributed by atoms with Crippen molar-refractivity contribution >= 4 is 15.9 Å². The smallest absolute Gasteiger partial charge is 0.269 e. The Labute approximate surface area is 119 Å². The Morgan fingerprint density at radius 1 is 1.10 bits per heavy atom. The molecule has 2 rings (SSSR count). The molecule has 0 heterocycles. The SMILES string of the molecule is FC1=CC=C(Br)C(F)C1(OC(F)(F)F)c1ccccc1. The molecular weight excluding hydrogens is 347 g/mol. The van der Waals surface area contributed by atoms with Gasteiger partial charge >= 0.3 is 6.36 Å². The van der Waals surface area contributed by atoms with Gasteiger partial charge in [-0.2, -0.15) is 0 Å². The normalized spacial score (nSPS) is 27.0. The number of halogens is 6. The van der Waals surface area contributed by atoms with E-state index in [1.165, 1.54) is 30.3 Å². The number of benzene rings is 1. The molecule has 0 saturated carbocycles. The van der Waals surface area contributed by atoms with Crippen molar-refractivity contribution < 1.29 is 26.7 Å². The van der Waals surface area contributed by atoms with Crippen LogP contribution in [0.5, 0.6) is 0 Å². The Hall–Kier alpha value is -1.21. The standard InChI is InChI=1S/C13H8BrF5O/c14-9-6-7-10(15)12(11(9)16,20-13(17,18)19)8-4-2-1-3-5-8/h1-7,11H. The Bertz CT molecular complexity index is 552. The molecule has 2 unspecified atom stereocenters. The van der Waals surface area contributed by atoms with Gasteiger partial charge in [0.15, 0.2) is 11.8 Å². The topological polar surface area (TPSA) is 9.23 Å². The first kappa shape index (κ1) is 15.2. The van der Waals surface area contributed by atoms with Crippen LogP contribution in [-0.2, 0) is 10.3 Å². The zero-order valence-electron chi connectivity index (χ0n) is 9.79. The molecule has 7 heteroatoms. The van der Waals surface area contributed by atoms with E-state index in [0.29, 0.717) is 0 Å². The van der Waals surface area contributed by atoms with Gasteiger partial charge in [0.25, 0.3) is 0 Å². The lowest BCUT2D eigenvalue weighted by Gasteiger charge is -2.37. The second kappa shape index (κ2) is 5.29. The van der Waals surface area contributed by atoms with Crippen molar-refractivity contribution in [2.75, 3.05) is 0 Å². The number of ether oxygens (including phenoxy) is 1. The summed E-state index contributed by atoms with van der Waals surface area (Å²) in [7, 11) is 0. The summed E-state index contributed by atoms with van der Waals surface area (Å²) in [6.07, 6.45) is -5.79. The fourth-order valence-electron chi connectivity index (χ4n) is 1.99. The van der Waals surface area contributed by atoms with Gasteiger partial charge in [-0.25, -0.2) is 8.78 Å². The molecule has 1 nitrogen and oxygen atoms in total. The molecule has 1 aromatic carbocycles. The lowest BCUT2D eigenvalue weighted by atomic mass is 9.84. The summed E-state index contributed by atoms with van der Waals surface area (Å²) in [6.45, 7) is 0. The van der Waals surface area contributed by atoms with Gasteiger partial charge in [0, 0.05) is 4.48 Å². The molecule has 1 aromatic rings. The van der Waals surface area contributed by atoms with Crippen molar-refractivity contribution in [3.8, 4) is 0 Å². The van der Waals surface area contributed by atoms with E-state index in [9.17, 15) is 22.0 Å². The molecule has 2 atom stereocenters. The van der Waals surface area contributed by atoms with E-state index < -0.39 is 24.0 Å². The van der Waals surface area contributed by atoms with Crippen molar-refractivity contribution in [2.45, 2.75) is 18.1 Å². The van der Waals surface area contributed by atoms with Crippen molar-refractivity contribution in [3.05, 3.63) is 58.4 Å². The summed E-state index contributed by atoms with van der Waals surface area (Å²) in [5.41, 5.74) is -3.13. The van der Waals surface area contributed by atoms with Gasteiger partial charge in [-0.3, -0.25) is 4.74 Å². The van der Waals surface area contributed by atoms with E-state index in [2.05, 4.69) is 20.7 Å². The van der Waals surface area contributed by atoms with Crippen molar-refractivity contribution in [1.82, 2.24) is 0 Å². The van der Waals surface area contributed by atoms with Crippen LogP contribution < -0.4 is 0 Å². The zero-order chi connectivity index (χ0) is 15.0. The second-order valence-corrected chi connectivity index (χ2v) is 4.99. The number of rotatable bonds is 2. The van der Waals surface area contributed by atoms with Crippen LogP contribution in [0.3, 0.4) is 0 Å². The monoisotopic (exact) mass is 354 g/mol. The highest BCUT2D eigenvalue weighted by Gasteiger charge is 2.55. The van der Waals surface area contributed by atoms with E-state index in [0.717, 1.165) is 12.2 Å². The van der Waals surface area contributed by atoms with Gasteiger partial charge in [-0.15, -0.1) is 13.2 Å². The Balaban J connectivity index is 2.62. The van der Waals surface area contributed by atoms with Crippen LogP contribution >= 0.6 is 15.9 Å². The molecule has 0 aliphatic heterocycles. The third-order valence-corrected chi connectivity index (χ3v) is 3.49. The molecule has 0 spiro atoms. The van der Waals surface area contributed by atoms with Crippen LogP contribution in [0, 0.1) is 0 Å². The molecule has 0 bridgehead atoms. The Morgan fingerprint density at radius 3 is 2.25 bits per heavy atom. The zero-order valence-corrected chi connectivity index (χ0v) is 11.4. The van der Waals surface area contributed by atoms with Crippen LogP contribution in [0.1, 0.15) is 5.56 Å².